The molecule has 0 amide bonds. The molecule has 0 N–H and O–H groups in total. The summed E-state index contributed by atoms with van der Waals surface area (Å²) < 4.78 is 6.67. The number of hydrogen-bond acceptors (Lipinski definition) is 3. The van der Waals surface area contributed by atoms with E-state index in [4.69, 9.17) is 9.68 Å². The summed E-state index contributed by atoms with van der Waals surface area (Å²) in [6.45, 7) is 0. The summed E-state index contributed by atoms with van der Waals surface area (Å²) in [5.41, 5.74) is 2.87. The molecule has 0 saturated carbocycles. The third-order valence-corrected chi connectivity index (χ3v) is 3.14. The molecule has 3 aromatic rings. The second-order valence-corrected chi connectivity index (χ2v) is 4.74. The first-order valence-electron chi connectivity index (χ1n) is 5.33. The Morgan fingerprint density at radius 1 is 1.11 bits per heavy atom. The largest absolute Gasteiger partial charge is 0.436 e. The lowest BCUT2D eigenvalue weighted by atomic mass is 10.2. The Kier molecular flexibility index (Phi) is 2.62. The Labute approximate surface area is 112 Å². The van der Waals surface area contributed by atoms with Gasteiger partial charge in [-0.3, -0.25) is 0 Å². The molecular formula is C14H7BrN2O. The van der Waals surface area contributed by atoms with Gasteiger partial charge in [-0.25, -0.2) is 4.98 Å². The van der Waals surface area contributed by atoms with Crippen molar-refractivity contribution in [3.63, 3.8) is 0 Å². The van der Waals surface area contributed by atoms with E-state index in [0.29, 0.717) is 17.0 Å². The lowest BCUT2D eigenvalue weighted by Crippen LogP contribution is -1.76. The molecule has 0 fully saturated rings. The van der Waals surface area contributed by atoms with Crippen LogP contribution < -0.4 is 0 Å². The molecule has 0 saturated heterocycles. The number of hydrogen-bond donors (Lipinski definition) is 0. The first kappa shape index (κ1) is 11.0. The van der Waals surface area contributed by atoms with E-state index >= 15 is 0 Å². The standard InChI is InChI=1S/C14H7BrN2O/c15-11-4-2-10(3-5-11)14-17-12-6-1-9(8-16)7-13(12)18-14/h1-7H. The maximum absolute atomic E-state index is 8.83. The van der Waals surface area contributed by atoms with Gasteiger partial charge in [0.05, 0.1) is 11.6 Å². The van der Waals surface area contributed by atoms with Gasteiger partial charge in [0.25, 0.3) is 0 Å². The van der Waals surface area contributed by atoms with Crippen molar-refractivity contribution < 1.29 is 4.42 Å². The maximum Gasteiger partial charge on any atom is 0.227 e. The molecule has 3 rings (SSSR count). The van der Waals surface area contributed by atoms with Gasteiger partial charge in [-0.15, -0.1) is 0 Å². The van der Waals surface area contributed by atoms with Crippen LogP contribution in [0.25, 0.3) is 22.6 Å². The second kappa shape index (κ2) is 4.28. The minimum absolute atomic E-state index is 0.563. The summed E-state index contributed by atoms with van der Waals surface area (Å²) in [7, 11) is 0. The molecule has 0 bridgehead atoms. The monoisotopic (exact) mass is 298 g/mol. The predicted octanol–water partition coefficient (Wildman–Crippen LogP) is 4.13. The summed E-state index contributed by atoms with van der Waals surface area (Å²) in [6, 6.07) is 15.0. The van der Waals surface area contributed by atoms with Crippen LogP contribution in [0, 0.1) is 11.3 Å². The van der Waals surface area contributed by atoms with Crippen LogP contribution >= 0.6 is 15.9 Å². The number of rotatable bonds is 1. The summed E-state index contributed by atoms with van der Waals surface area (Å²) in [5, 5.41) is 8.83. The molecule has 0 aliphatic heterocycles. The minimum Gasteiger partial charge on any atom is -0.436 e. The van der Waals surface area contributed by atoms with Gasteiger partial charge in [-0.1, -0.05) is 15.9 Å². The van der Waals surface area contributed by atoms with Gasteiger partial charge in [0.1, 0.15) is 5.52 Å². The van der Waals surface area contributed by atoms with Crippen LogP contribution in [-0.4, -0.2) is 4.98 Å². The summed E-state index contributed by atoms with van der Waals surface area (Å²) >= 11 is 3.38. The van der Waals surface area contributed by atoms with E-state index in [9.17, 15) is 0 Å². The molecule has 2 aromatic carbocycles. The summed E-state index contributed by atoms with van der Waals surface area (Å²) in [4.78, 5) is 4.40. The number of aromatic nitrogens is 1. The van der Waals surface area contributed by atoms with E-state index in [1.807, 2.05) is 24.3 Å². The molecule has 0 atom stereocenters. The number of nitriles is 1. The molecule has 0 aliphatic rings. The molecule has 4 heteroatoms. The van der Waals surface area contributed by atoms with E-state index in [0.717, 1.165) is 15.6 Å². The van der Waals surface area contributed by atoms with Crippen molar-refractivity contribution >= 4 is 27.0 Å². The highest BCUT2D eigenvalue weighted by Gasteiger charge is 2.08. The highest BCUT2D eigenvalue weighted by molar-refractivity contribution is 9.10. The van der Waals surface area contributed by atoms with Gasteiger partial charge in [0, 0.05) is 16.1 Å². The summed E-state index contributed by atoms with van der Waals surface area (Å²) in [6.07, 6.45) is 0. The lowest BCUT2D eigenvalue weighted by Gasteiger charge is -1.94. The first-order valence-corrected chi connectivity index (χ1v) is 6.12. The Morgan fingerprint density at radius 2 is 1.89 bits per heavy atom. The van der Waals surface area contributed by atoms with E-state index in [1.54, 1.807) is 18.2 Å². The fourth-order valence-corrected chi connectivity index (χ4v) is 1.97. The van der Waals surface area contributed by atoms with Crippen LogP contribution in [0.5, 0.6) is 0 Å². The van der Waals surface area contributed by atoms with E-state index in [-0.39, 0.29) is 0 Å². The highest BCUT2D eigenvalue weighted by Crippen LogP contribution is 2.25. The van der Waals surface area contributed by atoms with Crippen LogP contribution in [0.15, 0.2) is 51.4 Å². The van der Waals surface area contributed by atoms with E-state index < -0.39 is 0 Å². The van der Waals surface area contributed by atoms with Gasteiger partial charge >= 0.3 is 0 Å². The Hall–Kier alpha value is -2.12. The highest BCUT2D eigenvalue weighted by atomic mass is 79.9. The smallest absolute Gasteiger partial charge is 0.227 e. The molecule has 18 heavy (non-hydrogen) atoms. The average molecular weight is 299 g/mol. The van der Waals surface area contributed by atoms with Crippen molar-refractivity contribution in [2.75, 3.05) is 0 Å². The second-order valence-electron chi connectivity index (χ2n) is 3.82. The zero-order chi connectivity index (χ0) is 12.5. The molecule has 3 nitrogen and oxygen atoms in total. The van der Waals surface area contributed by atoms with Crippen molar-refractivity contribution in [1.29, 1.82) is 5.26 Å². The average Bonchev–Trinajstić information content (AvgIpc) is 2.82. The summed E-state index contributed by atoms with van der Waals surface area (Å²) in [5.74, 6) is 0.563. The van der Waals surface area contributed by atoms with Crippen LogP contribution in [-0.2, 0) is 0 Å². The molecule has 0 radical (unpaired) electrons. The topological polar surface area (TPSA) is 49.8 Å². The van der Waals surface area contributed by atoms with Crippen molar-refractivity contribution in [3.8, 4) is 17.5 Å². The van der Waals surface area contributed by atoms with Gasteiger partial charge in [-0.05, 0) is 36.4 Å². The fraction of sp³-hybridized carbons (Fsp3) is 0. The number of fused-ring (bicyclic) bond motifs is 1. The van der Waals surface area contributed by atoms with Crippen molar-refractivity contribution in [2.24, 2.45) is 0 Å². The first-order chi connectivity index (χ1) is 8.76. The van der Waals surface area contributed by atoms with Crippen molar-refractivity contribution in [3.05, 3.63) is 52.5 Å². The number of halogens is 1. The van der Waals surface area contributed by atoms with Crippen LogP contribution in [0.4, 0.5) is 0 Å². The molecule has 1 aromatic heterocycles. The van der Waals surface area contributed by atoms with Gasteiger partial charge in [0.2, 0.25) is 5.89 Å². The third kappa shape index (κ3) is 1.89. The Bertz CT molecular complexity index is 754. The Balaban J connectivity index is 2.13. The zero-order valence-corrected chi connectivity index (χ0v) is 10.8. The van der Waals surface area contributed by atoms with Crippen LogP contribution in [0.2, 0.25) is 0 Å². The fourth-order valence-electron chi connectivity index (χ4n) is 1.71. The number of oxazole rings is 1. The molecular weight excluding hydrogens is 292 g/mol. The van der Waals surface area contributed by atoms with Crippen LogP contribution in [0.3, 0.4) is 0 Å². The molecule has 1 heterocycles. The van der Waals surface area contributed by atoms with Gasteiger partial charge < -0.3 is 4.42 Å². The van der Waals surface area contributed by atoms with E-state index in [2.05, 4.69) is 27.0 Å². The predicted molar refractivity (Wildman–Crippen MR) is 71.9 cm³/mol. The lowest BCUT2D eigenvalue weighted by molar-refractivity contribution is 0.620. The van der Waals surface area contributed by atoms with Crippen molar-refractivity contribution in [2.45, 2.75) is 0 Å². The Morgan fingerprint density at radius 3 is 2.61 bits per heavy atom. The van der Waals surface area contributed by atoms with Crippen molar-refractivity contribution in [1.82, 2.24) is 4.98 Å². The maximum atomic E-state index is 8.83. The SMILES string of the molecule is N#Cc1ccc2nc(-c3ccc(Br)cc3)oc2c1. The molecule has 0 aliphatic carbocycles. The third-order valence-electron chi connectivity index (χ3n) is 2.61. The van der Waals surface area contributed by atoms with E-state index in [1.165, 1.54) is 0 Å². The van der Waals surface area contributed by atoms with Gasteiger partial charge in [-0.2, -0.15) is 5.26 Å². The van der Waals surface area contributed by atoms with Gasteiger partial charge in [0.15, 0.2) is 5.58 Å². The molecule has 0 spiro atoms. The van der Waals surface area contributed by atoms with Crippen LogP contribution in [0.1, 0.15) is 5.56 Å². The number of benzene rings is 2. The molecule has 0 unspecified atom stereocenters. The number of nitrogens with zero attached hydrogens (tertiary/aromatic N) is 2. The minimum atomic E-state index is 0.563. The molecule has 86 valence electrons. The quantitative estimate of drug-likeness (QED) is 0.679. The zero-order valence-electron chi connectivity index (χ0n) is 9.22. The normalized spacial score (nSPS) is 10.4.